The number of ether oxygens (including phenoxy) is 2. The van der Waals surface area contributed by atoms with Crippen LogP contribution in [0.15, 0.2) is 48.5 Å². The summed E-state index contributed by atoms with van der Waals surface area (Å²) in [5.74, 6) is -1.36. The number of carbonyl (C=O) groups is 2. The Bertz CT molecular complexity index is 886. The number of aliphatic carboxylic acids is 1. The summed E-state index contributed by atoms with van der Waals surface area (Å²) in [7, 11) is 0. The number of carbonyl (C=O) groups excluding carboxylic acids is 1. The summed E-state index contributed by atoms with van der Waals surface area (Å²) in [5.41, 5.74) is 4.19. The molecule has 9 heteroatoms. The lowest BCUT2D eigenvalue weighted by atomic mass is 9.98. The topological polar surface area (TPSA) is 84.9 Å². The molecule has 0 aliphatic heterocycles. The number of carboxylic acids is 1. The molecule has 0 saturated carbocycles. The lowest BCUT2D eigenvalue weighted by molar-refractivity contribution is -0.174. The number of hydrogen-bond acceptors (Lipinski definition) is 4. The molecule has 1 amide bonds. The van der Waals surface area contributed by atoms with Crippen LogP contribution in [0.5, 0.6) is 0 Å². The SMILES string of the molecule is O=C(O)C[C@@H](CCOCC(F)(F)F)NC(=O)OCC1c2ccccc2-c2ccccc21. The van der Waals surface area contributed by atoms with E-state index in [1.807, 2.05) is 48.5 Å². The van der Waals surface area contributed by atoms with E-state index in [1.54, 1.807) is 0 Å². The van der Waals surface area contributed by atoms with Crippen LogP contribution in [0.25, 0.3) is 11.1 Å². The Morgan fingerprint density at radius 3 is 2.16 bits per heavy atom. The summed E-state index contributed by atoms with van der Waals surface area (Å²) in [6.07, 6.45) is -5.85. The van der Waals surface area contributed by atoms with Gasteiger partial charge < -0.3 is 19.9 Å². The van der Waals surface area contributed by atoms with Crippen LogP contribution in [0.4, 0.5) is 18.0 Å². The van der Waals surface area contributed by atoms with Crippen LogP contribution in [-0.2, 0) is 14.3 Å². The van der Waals surface area contributed by atoms with Crippen LogP contribution in [0.3, 0.4) is 0 Å². The second-order valence-corrected chi connectivity index (χ2v) is 7.22. The number of benzene rings is 2. The van der Waals surface area contributed by atoms with Crippen molar-refractivity contribution in [2.24, 2.45) is 0 Å². The molecule has 31 heavy (non-hydrogen) atoms. The lowest BCUT2D eigenvalue weighted by Crippen LogP contribution is -2.38. The van der Waals surface area contributed by atoms with Gasteiger partial charge in [-0.15, -0.1) is 0 Å². The average molecular weight is 437 g/mol. The molecular weight excluding hydrogens is 415 g/mol. The zero-order valence-corrected chi connectivity index (χ0v) is 16.5. The second kappa shape index (κ2) is 9.82. The van der Waals surface area contributed by atoms with Crippen molar-refractivity contribution in [1.29, 1.82) is 0 Å². The molecule has 0 radical (unpaired) electrons. The first-order chi connectivity index (χ1) is 14.7. The molecule has 6 nitrogen and oxygen atoms in total. The number of alkyl halides is 3. The molecule has 0 bridgehead atoms. The van der Waals surface area contributed by atoms with Gasteiger partial charge in [0.15, 0.2) is 0 Å². The maximum atomic E-state index is 12.3. The molecule has 1 aliphatic rings. The summed E-state index contributed by atoms with van der Waals surface area (Å²) in [4.78, 5) is 23.3. The molecule has 166 valence electrons. The van der Waals surface area contributed by atoms with Crippen molar-refractivity contribution >= 4 is 12.1 Å². The maximum Gasteiger partial charge on any atom is 0.411 e. The van der Waals surface area contributed by atoms with Crippen molar-refractivity contribution in [3.05, 3.63) is 59.7 Å². The summed E-state index contributed by atoms with van der Waals surface area (Å²) in [6, 6.07) is 14.7. The highest BCUT2D eigenvalue weighted by molar-refractivity contribution is 5.79. The fourth-order valence-electron chi connectivity index (χ4n) is 3.66. The van der Waals surface area contributed by atoms with Gasteiger partial charge in [-0.1, -0.05) is 48.5 Å². The van der Waals surface area contributed by atoms with Gasteiger partial charge in [0.1, 0.15) is 13.2 Å². The minimum absolute atomic E-state index is 0.0459. The Hall–Kier alpha value is -3.07. The maximum absolute atomic E-state index is 12.3. The van der Waals surface area contributed by atoms with E-state index in [-0.39, 0.29) is 25.6 Å². The molecule has 3 rings (SSSR count). The molecule has 0 unspecified atom stereocenters. The van der Waals surface area contributed by atoms with Crippen LogP contribution in [0.1, 0.15) is 29.9 Å². The third kappa shape index (κ3) is 6.21. The summed E-state index contributed by atoms with van der Waals surface area (Å²) >= 11 is 0. The van der Waals surface area contributed by atoms with Gasteiger partial charge in [0.2, 0.25) is 0 Å². The number of alkyl carbamates (subject to hydrolysis) is 1. The van der Waals surface area contributed by atoms with E-state index >= 15 is 0 Å². The van der Waals surface area contributed by atoms with Gasteiger partial charge in [-0.25, -0.2) is 4.79 Å². The van der Waals surface area contributed by atoms with Crippen LogP contribution < -0.4 is 5.32 Å². The van der Waals surface area contributed by atoms with Crippen LogP contribution in [0.2, 0.25) is 0 Å². The Morgan fingerprint density at radius 2 is 1.61 bits per heavy atom. The van der Waals surface area contributed by atoms with Crippen molar-refractivity contribution < 1.29 is 37.3 Å². The number of amides is 1. The standard InChI is InChI=1S/C22H22F3NO5/c23-22(24,25)13-30-10-9-14(11-20(27)28)26-21(29)31-12-19-17-7-3-1-5-15(17)16-6-2-4-8-18(16)19/h1-8,14,19H,9-13H2,(H,26,29)(H,27,28)/t14-/m1/s1. The van der Waals surface area contributed by atoms with Gasteiger partial charge in [-0.3, -0.25) is 4.79 Å². The van der Waals surface area contributed by atoms with Crippen molar-refractivity contribution in [3.63, 3.8) is 0 Å². The molecule has 2 aromatic rings. The molecule has 0 aromatic heterocycles. The molecule has 1 aliphatic carbocycles. The summed E-state index contributed by atoms with van der Waals surface area (Å²) in [5, 5.41) is 11.4. The fourth-order valence-corrected chi connectivity index (χ4v) is 3.66. The Labute approximate surface area is 177 Å². The fraction of sp³-hybridized carbons (Fsp3) is 0.364. The van der Waals surface area contributed by atoms with E-state index in [1.165, 1.54) is 0 Å². The number of fused-ring (bicyclic) bond motifs is 3. The first-order valence-corrected chi connectivity index (χ1v) is 9.72. The molecule has 1 atom stereocenters. The zero-order valence-electron chi connectivity index (χ0n) is 16.5. The highest BCUT2D eigenvalue weighted by Gasteiger charge is 2.30. The number of carboxylic acid groups (broad SMARTS) is 1. The lowest BCUT2D eigenvalue weighted by Gasteiger charge is -2.19. The molecule has 0 heterocycles. The zero-order chi connectivity index (χ0) is 22.4. The summed E-state index contributed by atoms with van der Waals surface area (Å²) < 4.78 is 46.3. The largest absolute Gasteiger partial charge is 0.481 e. The van der Waals surface area contributed by atoms with Gasteiger partial charge in [0, 0.05) is 18.6 Å². The Morgan fingerprint density at radius 1 is 1.03 bits per heavy atom. The smallest absolute Gasteiger partial charge is 0.411 e. The second-order valence-electron chi connectivity index (χ2n) is 7.22. The predicted octanol–water partition coefficient (Wildman–Crippen LogP) is 4.34. The normalized spacial score (nSPS) is 13.9. The molecular formula is C22H22F3NO5. The first kappa shape index (κ1) is 22.6. The number of halogens is 3. The van der Waals surface area contributed by atoms with Crippen molar-refractivity contribution in [1.82, 2.24) is 5.32 Å². The monoisotopic (exact) mass is 437 g/mol. The van der Waals surface area contributed by atoms with Gasteiger partial charge >= 0.3 is 18.2 Å². The van der Waals surface area contributed by atoms with Crippen molar-refractivity contribution in [2.75, 3.05) is 19.8 Å². The number of nitrogens with one attached hydrogen (secondary N) is 1. The van der Waals surface area contributed by atoms with Gasteiger partial charge in [-0.05, 0) is 28.7 Å². The van der Waals surface area contributed by atoms with E-state index in [2.05, 4.69) is 10.1 Å². The van der Waals surface area contributed by atoms with E-state index in [4.69, 9.17) is 9.84 Å². The quantitative estimate of drug-likeness (QED) is 0.571. The third-order valence-electron chi connectivity index (χ3n) is 4.96. The van der Waals surface area contributed by atoms with Gasteiger partial charge in [0.05, 0.1) is 6.42 Å². The van der Waals surface area contributed by atoms with E-state index in [0.717, 1.165) is 22.3 Å². The van der Waals surface area contributed by atoms with Gasteiger partial charge in [-0.2, -0.15) is 13.2 Å². The van der Waals surface area contributed by atoms with Crippen molar-refractivity contribution in [2.45, 2.75) is 31.0 Å². The van der Waals surface area contributed by atoms with E-state index in [0.29, 0.717) is 0 Å². The number of hydrogen-bond donors (Lipinski definition) is 2. The van der Waals surface area contributed by atoms with Crippen LogP contribution in [0, 0.1) is 0 Å². The van der Waals surface area contributed by atoms with E-state index < -0.39 is 37.3 Å². The molecule has 0 fully saturated rings. The van der Waals surface area contributed by atoms with Crippen molar-refractivity contribution in [3.8, 4) is 11.1 Å². The highest BCUT2D eigenvalue weighted by atomic mass is 19.4. The molecule has 0 spiro atoms. The average Bonchev–Trinajstić information content (AvgIpc) is 3.02. The summed E-state index contributed by atoms with van der Waals surface area (Å²) in [6.45, 7) is -1.73. The van der Waals surface area contributed by atoms with Crippen LogP contribution in [-0.4, -0.2) is 49.2 Å². The minimum atomic E-state index is -4.47. The molecule has 0 saturated heterocycles. The minimum Gasteiger partial charge on any atom is -0.481 e. The Kier molecular flexibility index (Phi) is 7.17. The number of rotatable bonds is 9. The molecule has 2 N–H and O–H groups in total. The predicted molar refractivity (Wildman–Crippen MR) is 106 cm³/mol. The Balaban J connectivity index is 1.57. The van der Waals surface area contributed by atoms with Gasteiger partial charge in [0.25, 0.3) is 0 Å². The van der Waals surface area contributed by atoms with E-state index in [9.17, 15) is 22.8 Å². The highest BCUT2D eigenvalue weighted by Crippen LogP contribution is 2.44. The molecule has 2 aromatic carbocycles. The first-order valence-electron chi connectivity index (χ1n) is 9.72. The third-order valence-corrected chi connectivity index (χ3v) is 4.96. The van der Waals surface area contributed by atoms with Crippen LogP contribution >= 0.6 is 0 Å².